The average Bonchev–Trinajstić information content (AvgIpc) is 2.76. The van der Waals surface area contributed by atoms with E-state index in [-0.39, 0.29) is 5.82 Å². The minimum Gasteiger partial charge on any atom is -0.463 e. The third-order valence-corrected chi connectivity index (χ3v) is 2.18. The van der Waals surface area contributed by atoms with E-state index in [1.807, 2.05) is 13.0 Å². The Morgan fingerprint density at radius 1 is 1.47 bits per heavy atom. The van der Waals surface area contributed by atoms with E-state index in [0.717, 1.165) is 11.1 Å². The second kappa shape index (κ2) is 4.73. The van der Waals surface area contributed by atoms with E-state index < -0.39 is 5.97 Å². The zero-order valence-electron chi connectivity index (χ0n) is 9.62. The van der Waals surface area contributed by atoms with Crippen LogP contribution in [-0.2, 0) is 11.3 Å². The van der Waals surface area contributed by atoms with Crippen LogP contribution < -0.4 is 0 Å². The van der Waals surface area contributed by atoms with Crippen LogP contribution in [0, 0.1) is 6.92 Å². The van der Waals surface area contributed by atoms with Gasteiger partial charge in [0.1, 0.15) is 6.33 Å². The fourth-order valence-corrected chi connectivity index (χ4v) is 1.45. The van der Waals surface area contributed by atoms with Gasteiger partial charge >= 0.3 is 5.97 Å². The molecule has 0 amide bonds. The van der Waals surface area contributed by atoms with E-state index in [0.29, 0.717) is 6.54 Å². The van der Waals surface area contributed by atoms with Crippen molar-refractivity contribution < 1.29 is 9.53 Å². The Bertz CT molecular complexity index is 536. The standard InChI is InChI=1S/C11H12N4O2/c1-8-3-9(5-12-4-8)6-15-7-13-10(14-15)11(16)17-2/h3-5,7H,6H2,1-2H3. The molecule has 0 atom stereocenters. The maximum atomic E-state index is 11.2. The lowest BCUT2D eigenvalue weighted by molar-refractivity contribution is 0.0586. The first-order valence-electron chi connectivity index (χ1n) is 5.07. The lowest BCUT2D eigenvalue weighted by Gasteiger charge is -2.01. The van der Waals surface area contributed by atoms with E-state index in [4.69, 9.17) is 0 Å². The Balaban J connectivity index is 2.14. The van der Waals surface area contributed by atoms with Gasteiger partial charge in [-0.1, -0.05) is 6.07 Å². The Labute approximate surface area is 98.3 Å². The highest BCUT2D eigenvalue weighted by atomic mass is 16.5. The SMILES string of the molecule is COC(=O)c1ncn(Cc2cncc(C)c2)n1. The van der Waals surface area contributed by atoms with Crippen molar-refractivity contribution in [2.75, 3.05) is 7.11 Å². The van der Waals surface area contributed by atoms with E-state index in [1.54, 1.807) is 17.1 Å². The monoisotopic (exact) mass is 232 g/mol. The highest BCUT2D eigenvalue weighted by molar-refractivity contribution is 5.84. The molecule has 0 saturated heterocycles. The molecule has 6 heteroatoms. The number of carbonyl (C=O) groups excluding carboxylic acids is 1. The first-order chi connectivity index (χ1) is 8.19. The molecule has 0 aliphatic carbocycles. The quantitative estimate of drug-likeness (QED) is 0.732. The summed E-state index contributed by atoms with van der Waals surface area (Å²) in [5.74, 6) is -0.473. The molecule has 0 spiro atoms. The number of nitrogens with zero attached hydrogens (tertiary/aromatic N) is 4. The van der Waals surface area contributed by atoms with Gasteiger partial charge in [-0.3, -0.25) is 4.98 Å². The number of hydrogen-bond donors (Lipinski definition) is 0. The molecule has 17 heavy (non-hydrogen) atoms. The first-order valence-corrected chi connectivity index (χ1v) is 5.07. The van der Waals surface area contributed by atoms with Crippen LogP contribution in [0.3, 0.4) is 0 Å². The summed E-state index contributed by atoms with van der Waals surface area (Å²) in [6.07, 6.45) is 5.03. The summed E-state index contributed by atoms with van der Waals surface area (Å²) < 4.78 is 6.10. The largest absolute Gasteiger partial charge is 0.463 e. The molecule has 0 saturated carbocycles. The van der Waals surface area contributed by atoms with Gasteiger partial charge in [0.05, 0.1) is 13.7 Å². The molecule has 0 unspecified atom stereocenters. The van der Waals surface area contributed by atoms with Gasteiger partial charge in [-0.2, -0.15) is 0 Å². The van der Waals surface area contributed by atoms with Gasteiger partial charge in [0.2, 0.25) is 0 Å². The molecule has 0 bridgehead atoms. The number of aryl methyl sites for hydroxylation is 1. The number of methoxy groups -OCH3 is 1. The van der Waals surface area contributed by atoms with Crippen molar-refractivity contribution in [3.05, 3.63) is 41.7 Å². The summed E-state index contributed by atoms with van der Waals surface area (Å²) in [6.45, 7) is 2.50. The first kappa shape index (κ1) is 11.3. The molecule has 6 nitrogen and oxygen atoms in total. The van der Waals surface area contributed by atoms with E-state index in [2.05, 4.69) is 19.8 Å². The summed E-state index contributed by atoms with van der Waals surface area (Å²) in [5.41, 5.74) is 2.09. The van der Waals surface area contributed by atoms with Gasteiger partial charge in [0.25, 0.3) is 5.82 Å². The molecule has 0 aliphatic rings. The molecule has 0 radical (unpaired) electrons. The molecule has 0 aromatic carbocycles. The third kappa shape index (κ3) is 2.66. The van der Waals surface area contributed by atoms with Gasteiger partial charge in [-0.25, -0.2) is 14.5 Å². The Morgan fingerprint density at radius 3 is 3.00 bits per heavy atom. The molecule has 2 heterocycles. The highest BCUT2D eigenvalue weighted by Gasteiger charge is 2.11. The molecular weight excluding hydrogens is 220 g/mol. The maximum Gasteiger partial charge on any atom is 0.377 e. The number of hydrogen-bond acceptors (Lipinski definition) is 5. The lowest BCUT2D eigenvalue weighted by atomic mass is 10.2. The van der Waals surface area contributed by atoms with Crippen molar-refractivity contribution in [1.29, 1.82) is 0 Å². The summed E-state index contributed by atoms with van der Waals surface area (Å²) in [5, 5.41) is 4.01. The predicted molar refractivity (Wildman–Crippen MR) is 59.4 cm³/mol. The van der Waals surface area contributed by atoms with Crippen molar-refractivity contribution in [2.24, 2.45) is 0 Å². The van der Waals surface area contributed by atoms with Crippen LogP contribution in [0.2, 0.25) is 0 Å². The van der Waals surface area contributed by atoms with Gasteiger partial charge < -0.3 is 4.74 Å². The van der Waals surface area contributed by atoms with Crippen molar-refractivity contribution in [3.8, 4) is 0 Å². The number of ether oxygens (including phenoxy) is 1. The number of pyridine rings is 1. The molecule has 0 aliphatic heterocycles. The van der Waals surface area contributed by atoms with E-state index >= 15 is 0 Å². The van der Waals surface area contributed by atoms with E-state index in [9.17, 15) is 4.79 Å². The number of rotatable bonds is 3. The molecule has 0 fully saturated rings. The van der Waals surface area contributed by atoms with Crippen molar-refractivity contribution in [2.45, 2.75) is 13.5 Å². The van der Waals surface area contributed by atoms with Gasteiger partial charge in [0, 0.05) is 12.4 Å². The van der Waals surface area contributed by atoms with E-state index in [1.165, 1.54) is 13.4 Å². The second-order valence-corrected chi connectivity index (χ2v) is 3.63. The summed E-state index contributed by atoms with van der Waals surface area (Å²) in [4.78, 5) is 19.1. The average molecular weight is 232 g/mol. The van der Waals surface area contributed by atoms with Crippen LogP contribution in [0.15, 0.2) is 24.8 Å². The number of esters is 1. The summed E-state index contributed by atoms with van der Waals surface area (Å²) >= 11 is 0. The zero-order valence-corrected chi connectivity index (χ0v) is 9.62. The maximum absolute atomic E-state index is 11.2. The normalized spacial score (nSPS) is 10.2. The molecular formula is C11H12N4O2. The van der Waals surface area contributed by atoms with Crippen LogP contribution in [0.4, 0.5) is 0 Å². The van der Waals surface area contributed by atoms with Crippen LogP contribution in [-0.4, -0.2) is 32.8 Å². The Kier molecular flexibility index (Phi) is 3.13. The Hall–Kier alpha value is -2.24. The van der Waals surface area contributed by atoms with Crippen molar-refractivity contribution in [1.82, 2.24) is 19.7 Å². The third-order valence-electron chi connectivity index (χ3n) is 2.18. The molecule has 2 rings (SSSR count). The minimum absolute atomic E-state index is 0.0631. The summed E-state index contributed by atoms with van der Waals surface area (Å²) in [7, 11) is 1.30. The van der Waals surface area contributed by atoms with Gasteiger partial charge in [-0.15, -0.1) is 5.10 Å². The highest BCUT2D eigenvalue weighted by Crippen LogP contribution is 2.03. The molecule has 2 aromatic heterocycles. The fourth-order valence-electron chi connectivity index (χ4n) is 1.45. The number of carbonyl (C=O) groups is 1. The van der Waals surface area contributed by atoms with Crippen molar-refractivity contribution in [3.63, 3.8) is 0 Å². The summed E-state index contributed by atoms with van der Waals surface area (Å²) in [6, 6.07) is 2.01. The Morgan fingerprint density at radius 2 is 2.29 bits per heavy atom. The zero-order chi connectivity index (χ0) is 12.3. The fraction of sp³-hybridized carbons (Fsp3) is 0.273. The van der Waals surface area contributed by atoms with Crippen LogP contribution in [0.25, 0.3) is 0 Å². The predicted octanol–water partition coefficient (Wildman–Crippen LogP) is 0.816. The smallest absolute Gasteiger partial charge is 0.377 e. The van der Waals surface area contributed by atoms with Crippen molar-refractivity contribution >= 4 is 5.97 Å². The topological polar surface area (TPSA) is 69.9 Å². The van der Waals surface area contributed by atoms with Crippen LogP contribution in [0.5, 0.6) is 0 Å². The van der Waals surface area contributed by atoms with Gasteiger partial charge in [0.15, 0.2) is 0 Å². The molecule has 88 valence electrons. The lowest BCUT2D eigenvalue weighted by Crippen LogP contribution is -2.06. The minimum atomic E-state index is -0.536. The molecule has 2 aromatic rings. The van der Waals surface area contributed by atoms with Crippen LogP contribution in [0.1, 0.15) is 21.7 Å². The molecule has 0 N–H and O–H groups in total. The van der Waals surface area contributed by atoms with Crippen LogP contribution >= 0.6 is 0 Å². The van der Waals surface area contributed by atoms with Gasteiger partial charge in [-0.05, 0) is 18.1 Å². The number of aromatic nitrogens is 4. The second-order valence-electron chi connectivity index (χ2n) is 3.63.